The van der Waals surface area contributed by atoms with Crippen LogP contribution in [-0.2, 0) is 5.75 Å². The molecule has 0 fully saturated rings. The first-order valence-corrected chi connectivity index (χ1v) is 8.00. The van der Waals surface area contributed by atoms with Crippen LogP contribution in [-0.4, -0.2) is 34.9 Å². The van der Waals surface area contributed by atoms with Crippen LogP contribution in [0.1, 0.15) is 15.9 Å². The lowest BCUT2D eigenvalue weighted by molar-refractivity contribution is 0.0827. The predicted molar refractivity (Wildman–Crippen MR) is 90.1 cm³/mol. The Morgan fingerprint density at radius 2 is 1.86 bits per heavy atom. The van der Waals surface area contributed by atoms with Gasteiger partial charge in [-0.2, -0.15) is 0 Å². The summed E-state index contributed by atoms with van der Waals surface area (Å²) in [6.45, 7) is 0. The first-order valence-electron chi connectivity index (χ1n) is 7.01. The molecule has 0 bridgehead atoms. The molecule has 1 aromatic heterocycles. The number of fused-ring (bicyclic) bond motifs is 1. The fourth-order valence-corrected chi connectivity index (χ4v) is 2.99. The van der Waals surface area contributed by atoms with Gasteiger partial charge in [-0.1, -0.05) is 36.0 Å². The summed E-state index contributed by atoms with van der Waals surface area (Å²) in [6, 6.07) is 15.7. The van der Waals surface area contributed by atoms with E-state index < -0.39 is 0 Å². The van der Waals surface area contributed by atoms with Crippen LogP contribution in [0, 0.1) is 0 Å². The molecule has 0 saturated heterocycles. The molecule has 2 aromatic carbocycles. The molecule has 4 nitrogen and oxygen atoms in total. The lowest BCUT2D eigenvalue weighted by Gasteiger charge is -2.10. The number of aromatic amines is 1. The second-order valence-corrected chi connectivity index (χ2v) is 6.21. The number of amides is 1. The predicted octanol–water partition coefficient (Wildman–Crippen LogP) is 3.56. The zero-order valence-corrected chi connectivity index (χ0v) is 13.4. The van der Waals surface area contributed by atoms with E-state index in [0.717, 1.165) is 21.9 Å². The molecule has 22 heavy (non-hydrogen) atoms. The van der Waals surface area contributed by atoms with E-state index in [2.05, 4.69) is 9.97 Å². The van der Waals surface area contributed by atoms with Gasteiger partial charge >= 0.3 is 0 Å². The van der Waals surface area contributed by atoms with Crippen molar-refractivity contribution in [3.8, 4) is 0 Å². The minimum Gasteiger partial charge on any atom is -0.345 e. The van der Waals surface area contributed by atoms with Crippen molar-refractivity contribution < 1.29 is 4.79 Å². The molecule has 1 amide bonds. The Balaban J connectivity index is 1.67. The van der Waals surface area contributed by atoms with Gasteiger partial charge in [0.25, 0.3) is 5.91 Å². The van der Waals surface area contributed by atoms with Gasteiger partial charge in [-0.15, -0.1) is 0 Å². The number of carbonyl (C=O) groups is 1. The zero-order chi connectivity index (χ0) is 15.5. The van der Waals surface area contributed by atoms with Crippen LogP contribution >= 0.6 is 11.8 Å². The van der Waals surface area contributed by atoms with Gasteiger partial charge in [0.15, 0.2) is 5.16 Å². The van der Waals surface area contributed by atoms with E-state index >= 15 is 0 Å². The maximum atomic E-state index is 11.8. The van der Waals surface area contributed by atoms with Crippen LogP contribution in [0.5, 0.6) is 0 Å². The highest BCUT2D eigenvalue weighted by atomic mass is 32.2. The second kappa shape index (κ2) is 6.23. The van der Waals surface area contributed by atoms with Crippen LogP contribution in [0.3, 0.4) is 0 Å². The Morgan fingerprint density at radius 3 is 2.55 bits per heavy atom. The number of hydrogen-bond acceptors (Lipinski definition) is 3. The lowest BCUT2D eigenvalue weighted by atomic mass is 10.1. The molecule has 0 spiro atoms. The summed E-state index contributed by atoms with van der Waals surface area (Å²) >= 11 is 1.66. The van der Waals surface area contributed by atoms with E-state index in [9.17, 15) is 4.79 Å². The maximum absolute atomic E-state index is 11.8. The molecule has 3 rings (SSSR count). The standard InChI is InChI=1S/C17H17N3OS/c1-20(2)16(21)13-9-7-12(8-10-13)11-22-17-18-14-5-3-4-6-15(14)19-17/h3-10H,11H2,1-2H3,(H,18,19). The van der Waals surface area contributed by atoms with Gasteiger partial charge < -0.3 is 9.88 Å². The highest BCUT2D eigenvalue weighted by Gasteiger charge is 2.08. The van der Waals surface area contributed by atoms with Crippen molar-refractivity contribution in [3.05, 3.63) is 59.7 Å². The second-order valence-electron chi connectivity index (χ2n) is 5.24. The normalized spacial score (nSPS) is 10.8. The van der Waals surface area contributed by atoms with E-state index in [-0.39, 0.29) is 5.91 Å². The van der Waals surface area contributed by atoms with E-state index in [1.165, 1.54) is 5.56 Å². The first-order chi connectivity index (χ1) is 10.6. The van der Waals surface area contributed by atoms with Crippen LogP contribution in [0.2, 0.25) is 0 Å². The third-order valence-electron chi connectivity index (χ3n) is 3.35. The van der Waals surface area contributed by atoms with Gasteiger partial charge in [0.1, 0.15) is 0 Å². The summed E-state index contributed by atoms with van der Waals surface area (Å²) in [5.74, 6) is 0.840. The highest BCUT2D eigenvalue weighted by Crippen LogP contribution is 2.23. The lowest BCUT2D eigenvalue weighted by Crippen LogP contribution is -2.21. The number of imidazole rings is 1. The summed E-state index contributed by atoms with van der Waals surface area (Å²) in [4.78, 5) is 21.3. The number of nitrogens with zero attached hydrogens (tertiary/aromatic N) is 2. The minimum absolute atomic E-state index is 0.0245. The third-order valence-corrected chi connectivity index (χ3v) is 4.29. The molecule has 0 aliphatic rings. The number of thioether (sulfide) groups is 1. The average molecular weight is 311 g/mol. The van der Waals surface area contributed by atoms with Gasteiger partial charge in [0, 0.05) is 25.4 Å². The minimum atomic E-state index is 0.0245. The quantitative estimate of drug-likeness (QED) is 0.750. The summed E-state index contributed by atoms with van der Waals surface area (Å²) in [7, 11) is 3.52. The SMILES string of the molecule is CN(C)C(=O)c1ccc(CSc2nc3ccccc3[nH]2)cc1. The highest BCUT2D eigenvalue weighted by molar-refractivity contribution is 7.98. The fraction of sp³-hybridized carbons (Fsp3) is 0.176. The van der Waals surface area contributed by atoms with Crippen molar-refractivity contribution in [2.45, 2.75) is 10.9 Å². The number of rotatable bonds is 4. The Bertz CT molecular complexity index is 760. The molecule has 0 aliphatic heterocycles. The topological polar surface area (TPSA) is 49.0 Å². The van der Waals surface area contributed by atoms with E-state index in [1.54, 1.807) is 30.8 Å². The molecular formula is C17H17N3OS. The maximum Gasteiger partial charge on any atom is 0.253 e. The largest absolute Gasteiger partial charge is 0.345 e. The fourth-order valence-electron chi connectivity index (χ4n) is 2.15. The van der Waals surface area contributed by atoms with Crippen molar-refractivity contribution >= 4 is 28.7 Å². The molecule has 5 heteroatoms. The number of carbonyl (C=O) groups excluding carboxylic acids is 1. The first kappa shape index (κ1) is 14.7. The molecule has 0 unspecified atom stereocenters. The van der Waals surface area contributed by atoms with Gasteiger partial charge in [0.05, 0.1) is 11.0 Å². The third kappa shape index (κ3) is 3.14. The van der Waals surface area contributed by atoms with E-state index in [0.29, 0.717) is 5.56 Å². The molecule has 0 saturated carbocycles. The van der Waals surface area contributed by atoms with Gasteiger partial charge in [0.2, 0.25) is 0 Å². The van der Waals surface area contributed by atoms with Crippen molar-refractivity contribution in [2.24, 2.45) is 0 Å². The van der Waals surface area contributed by atoms with Crippen LogP contribution in [0.15, 0.2) is 53.7 Å². The Hall–Kier alpha value is -2.27. The monoisotopic (exact) mass is 311 g/mol. The van der Waals surface area contributed by atoms with Crippen LogP contribution in [0.4, 0.5) is 0 Å². The number of H-pyrrole nitrogens is 1. The van der Waals surface area contributed by atoms with Crippen LogP contribution in [0.25, 0.3) is 11.0 Å². The van der Waals surface area contributed by atoms with Gasteiger partial charge in [-0.05, 0) is 29.8 Å². The number of aromatic nitrogens is 2. The van der Waals surface area contributed by atoms with Crippen molar-refractivity contribution in [1.29, 1.82) is 0 Å². The summed E-state index contributed by atoms with van der Waals surface area (Å²) < 4.78 is 0. The number of para-hydroxylation sites is 2. The van der Waals surface area contributed by atoms with Crippen LogP contribution < -0.4 is 0 Å². The average Bonchev–Trinajstić information content (AvgIpc) is 2.95. The summed E-state index contributed by atoms with van der Waals surface area (Å²) in [6.07, 6.45) is 0. The molecule has 0 radical (unpaired) electrons. The summed E-state index contributed by atoms with van der Waals surface area (Å²) in [5.41, 5.74) is 3.91. The van der Waals surface area contributed by atoms with E-state index in [4.69, 9.17) is 0 Å². The Morgan fingerprint density at radius 1 is 1.14 bits per heavy atom. The van der Waals surface area contributed by atoms with Gasteiger partial charge in [-0.25, -0.2) is 4.98 Å². The molecular weight excluding hydrogens is 294 g/mol. The van der Waals surface area contributed by atoms with Crippen molar-refractivity contribution in [1.82, 2.24) is 14.9 Å². The number of nitrogens with one attached hydrogen (secondary N) is 1. The number of hydrogen-bond donors (Lipinski definition) is 1. The molecule has 3 aromatic rings. The zero-order valence-electron chi connectivity index (χ0n) is 12.5. The van der Waals surface area contributed by atoms with Gasteiger partial charge in [-0.3, -0.25) is 4.79 Å². The van der Waals surface area contributed by atoms with Crippen molar-refractivity contribution in [3.63, 3.8) is 0 Å². The Kier molecular flexibility index (Phi) is 4.15. The molecule has 1 heterocycles. The van der Waals surface area contributed by atoms with E-state index in [1.807, 2.05) is 48.5 Å². The summed E-state index contributed by atoms with van der Waals surface area (Å²) in [5, 5.41) is 0.912. The number of benzene rings is 2. The molecule has 112 valence electrons. The smallest absolute Gasteiger partial charge is 0.253 e. The molecule has 1 N–H and O–H groups in total. The Labute approximate surface area is 133 Å². The molecule has 0 atom stereocenters. The molecule has 0 aliphatic carbocycles. The van der Waals surface area contributed by atoms with Crippen molar-refractivity contribution in [2.75, 3.05) is 14.1 Å².